The normalized spacial score (nSPS) is 15.1. The molecular formula is C21H29N5O2S2. The van der Waals surface area contributed by atoms with Crippen molar-refractivity contribution in [2.75, 3.05) is 26.1 Å². The molecule has 0 aliphatic heterocycles. The summed E-state index contributed by atoms with van der Waals surface area (Å²) >= 11 is 3.25. The summed E-state index contributed by atoms with van der Waals surface area (Å²) in [7, 11) is 3.40. The molecule has 0 saturated heterocycles. The molecule has 1 aromatic heterocycles. The number of thiazole rings is 1. The molecule has 1 heterocycles. The monoisotopic (exact) mass is 447 g/mol. The molecule has 0 bridgehead atoms. The lowest BCUT2D eigenvalue weighted by Gasteiger charge is -2.13. The number of ether oxygens (including phenoxy) is 2. The van der Waals surface area contributed by atoms with Crippen molar-refractivity contribution in [3.8, 4) is 5.75 Å². The van der Waals surface area contributed by atoms with Gasteiger partial charge in [0, 0.05) is 35.8 Å². The number of methoxy groups -OCH3 is 2. The van der Waals surface area contributed by atoms with Gasteiger partial charge in [0.15, 0.2) is 0 Å². The van der Waals surface area contributed by atoms with Crippen LogP contribution in [-0.2, 0) is 17.7 Å². The van der Waals surface area contributed by atoms with E-state index in [0.717, 1.165) is 52.8 Å². The summed E-state index contributed by atoms with van der Waals surface area (Å²) in [6.45, 7) is 7.93. The van der Waals surface area contributed by atoms with Crippen molar-refractivity contribution in [3.05, 3.63) is 39.3 Å². The van der Waals surface area contributed by atoms with Crippen molar-refractivity contribution in [3.63, 3.8) is 0 Å². The number of hydrogen-bond acceptors (Lipinski definition) is 7. The largest absolute Gasteiger partial charge is 0.501 e. The fraction of sp³-hybridized carbons (Fsp3) is 0.476. The summed E-state index contributed by atoms with van der Waals surface area (Å²) in [6, 6.07) is 6.00. The Kier molecular flexibility index (Phi) is 7.98. The van der Waals surface area contributed by atoms with E-state index in [1.54, 1.807) is 37.3 Å². The van der Waals surface area contributed by atoms with Crippen LogP contribution in [0.2, 0.25) is 0 Å². The average molecular weight is 448 g/mol. The van der Waals surface area contributed by atoms with Gasteiger partial charge in [-0.2, -0.15) is 5.11 Å². The van der Waals surface area contributed by atoms with Gasteiger partial charge in [-0.1, -0.05) is 23.1 Å². The molecule has 2 aromatic rings. The molecule has 0 amide bonds. The first kappa shape index (κ1) is 22.4. The predicted octanol–water partition coefficient (Wildman–Crippen LogP) is 5.35. The molecule has 1 N–H and O–H groups in total. The molecule has 1 aromatic carbocycles. The SMILES string of the molecule is CCNc1ccc(OC)cc1SC(C)N=NN=c1sc2c(n1CC)CCC(OC)=C2. The van der Waals surface area contributed by atoms with Crippen molar-refractivity contribution in [1.29, 1.82) is 0 Å². The maximum atomic E-state index is 5.41. The van der Waals surface area contributed by atoms with E-state index < -0.39 is 0 Å². The summed E-state index contributed by atoms with van der Waals surface area (Å²) < 4.78 is 13.0. The first-order valence-corrected chi connectivity index (χ1v) is 11.8. The van der Waals surface area contributed by atoms with Gasteiger partial charge in [-0.25, -0.2) is 0 Å². The zero-order chi connectivity index (χ0) is 21.5. The van der Waals surface area contributed by atoms with E-state index in [-0.39, 0.29) is 5.37 Å². The van der Waals surface area contributed by atoms with Crippen LogP contribution in [0.5, 0.6) is 5.75 Å². The quantitative estimate of drug-likeness (QED) is 0.319. The molecule has 162 valence electrons. The predicted molar refractivity (Wildman–Crippen MR) is 124 cm³/mol. The first-order valence-electron chi connectivity index (χ1n) is 10.1. The van der Waals surface area contributed by atoms with Crippen LogP contribution >= 0.6 is 23.1 Å². The number of allylic oxidation sites excluding steroid dienone is 1. The van der Waals surface area contributed by atoms with E-state index in [9.17, 15) is 0 Å². The third-order valence-electron chi connectivity index (χ3n) is 4.72. The number of thioether (sulfide) groups is 1. The number of hydrogen-bond donors (Lipinski definition) is 1. The van der Waals surface area contributed by atoms with Crippen molar-refractivity contribution in [2.24, 2.45) is 15.4 Å². The van der Waals surface area contributed by atoms with Crippen LogP contribution in [0.25, 0.3) is 6.08 Å². The van der Waals surface area contributed by atoms with E-state index in [0.29, 0.717) is 0 Å². The highest BCUT2D eigenvalue weighted by atomic mass is 32.2. The number of nitrogens with one attached hydrogen (secondary N) is 1. The number of anilines is 1. The van der Waals surface area contributed by atoms with Crippen LogP contribution in [0.3, 0.4) is 0 Å². The van der Waals surface area contributed by atoms with E-state index in [1.165, 1.54) is 10.6 Å². The standard InChI is InChI=1S/C21H29N5O2S2/c1-6-22-17-10-8-15(27-4)12-19(17)29-14(3)23-25-24-21-26(7-2)18-11-9-16(28-5)13-20(18)30-21/h8,10,12-14,22H,6-7,9,11H2,1-5H3. The zero-order valence-electron chi connectivity index (χ0n) is 18.1. The van der Waals surface area contributed by atoms with Crippen LogP contribution < -0.4 is 14.9 Å². The molecular weight excluding hydrogens is 418 g/mol. The van der Waals surface area contributed by atoms with Crippen LogP contribution in [-0.4, -0.2) is 30.7 Å². The second kappa shape index (κ2) is 10.7. The minimum Gasteiger partial charge on any atom is -0.501 e. The Hall–Kier alpha value is -2.26. The van der Waals surface area contributed by atoms with Gasteiger partial charge < -0.3 is 19.4 Å². The van der Waals surface area contributed by atoms with Gasteiger partial charge in [-0.3, -0.25) is 0 Å². The van der Waals surface area contributed by atoms with Crippen molar-refractivity contribution < 1.29 is 9.47 Å². The Morgan fingerprint density at radius 2 is 2.07 bits per heavy atom. The topological polar surface area (TPSA) is 72.5 Å². The zero-order valence-corrected chi connectivity index (χ0v) is 19.8. The smallest absolute Gasteiger partial charge is 0.213 e. The third kappa shape index (κ3) is 5.26. The van der Waals surface area contributed by atoms with Gasteiger partial charge in [-0.15, -0.1) is 5.10 Å². The number of rotatable bonds is 9. The van der Waals surface area contributed by atoms with Crippen LogP contribution in [0.4, 0.5) is 5.69 Å². The summed E-state index contributed by atoms with van der Waals surface area (Å²) in [5, 5.41) is 16.3. The average Bonchev–Trinajstić information content (AvgIpc) is 3.11. The van der Waals surface area contributed by atoms with E-state index in [4.69, 9.17) is 9.47 Å². The fourth-order valence-corrected chi connectivity index (χ4v) is 5.31. The number of aromatic nitrogens is 1. The van der Waals surface area contributed by atoms with Crippen LogP contribution in [0, 0.1) is 0 Å². The molecule has 1 aliphatic rings. The van der Waals surface area contributed by atoms with Gasteiger partial charge in [-0.05, 0) is 56.7 Å². The van der Waals surface area contributed by atoms with E-state index in [2.05, 4.69) is 45.2 Å². The fourth-order valence-electron chi connectivity index (χ4n) is 3.26. The maximum absolute atomic E-state index is 5.41. The molecule has 0 fully saturated rings. The van der Waals surface area contributed by atoms with Crippen molar-refractivity contribution >= 4 is 34.9 Å². The number of benzene rings is 1. The molecule has 3 rings (SSSR count). The highest BCUT2D eigenvalue weighted by Crippen LogP contribution is 2.34. The Morgan fingerprint density at radius 1 is 1.23 bits per heavy atom. The van der Waals surface area contributed by atoms with Crippen LogP contribution in [0.1, 0.15) is 37.8 Å². The van der Waals surface area contributed by atoms with E-state index >= 15 is 0 Å². The first-order chi connectivity index (χ1) is 14.6. The second-order valence-corrected chi connectivity index (χ2v) is 9.04. The van der Waals surface area contributed by atoms with Gasteiger partial charge in [0.1, 0.15) is 11.1 Å². The minimum atomic E-state index is -0.0806. The lowest BCUT2D eigenvalue weighted by Crippen LogP contribution is -2.17. The van der Waals surface area contributed by atoms with Gasteiger partial charge >= 0.3 is 0 Å². The molecule has 30 heavy (non-hydrogen) atoms. The maximum Gasteiger partial charge on any atom is 0.213 e. The van der Waals surface area contributed by atoms with Crippen molar-refractivity contribution in [2.45, 2.75) is 50.4 Å². The van der Waals surface area contributed by atoms with Gasteiger partial charge in [0.25, 0.3) is 0 Å². The van der Waals surface area contributed by atoms with Gasteiger partial charge in [0.05, 0.1) is 24.9 Å². The van der Waals surface area contributed by atoms with Gasteiger partial charge in [0.2, 0.25) is 4.80 Å². The molecule has 0 radical (unpaired) electrons. The molecule has 9 heteroatoms. The molecule has 7 nitrogen and oxygen atoms in total. The highest BCUT2D eigenvalue weighted by Gasteiger charge is 2.17. The molecule has 0 saturated carbocycles. The molecule has 1 unspecified atom stereocenters. The Labute approximate surface area is 185 Å². The Balaban J connectivity index is 1.78. The number of fused-ring (bicyclic) bond motifs is 1. The lowest BCUT2D eigenvalue weighted by atomic mass is 10.1. The Morgan fingerprint density at radius 3 is 2.77 bits per heavy atom. The lowest BCUT2D eigenvalue weighted by molar-refractivity contribution is 0.279. The molecule has 1 aliphatic carbocycles. The second-order valence-electron chi connectivity index (χ2n) is 6.67. The van der Waals surface area contributed by atoms with Crippen molar-refractivity contribution in [1.82, 2.24) is 4.57 Å². The Bertz CT molecular complexity index is 994. The summed E-state index contributed by atoms with van der Waals surface area (Å²) in [5.41, 5.74) is 2.36. The third-order valence-corrected chi connectivity index (χ3v) is 6.80. The number of nitrogens with zero attached hydrogens (tertiary/aromatic N) is 4. The van der Waals surface area contributed by atoms with Crippen LogP contribution in [0.15, 0.2) is 44.3 Å². The summed E-state index contributed by atoms with van der Waals surface area (Å²) in [5.74, 6) is 1.84. The minimum absolute atomic E-state index is 0.0806. The highest BCUT2D eigenvalue weighted by molar-refractivity contribution is 8.00. The summed E-state index contributed by atoms with van der Waals surface area (Å²) in [4.78, 5) is 3.14. The van der Waals surface area contributed by atoms with E-state index in [1.807, 2.05) is 25.1 Å². The molecule has 0 spiro atoms. The molecule has 1 atom stereocenters. The summed E-state index contributed by atoms with van der Waals surface area (Å²) in [6.07, 6.45) is 3.99.